The minimum atomic E-state index is -0.0830. The van der Waals surface area contributed by atoms with Gasteiger partial charge in [-0.25, -0.2) is 0 Å². The molecule has 1 amide bonds. The Morgan fingerprint density at radius 1 is 1.00 bits per heavy atom. The molecule has 8 heteroatoms. The third-order valence-corrected chi connectivity index (χ3v) is 4.44. The first-order valence-corrected chi connectivity index (χ1v) is 8.96. The van der Waals surface area contributed by atoms with E-state index in [9.17, 15) is 4.79 Å². The van der Waals surface area contributed by atoms with Crippen molar-refractivity contribution in [3.05, 3.63) is 53.9 Å². The number of amides is 1. The van der Waals surface area contributed by atoms with Crippen LogP contribution in [0.4, 0.5) is 0 Å². The maximum Gasteiger partial charge on any atom is 0.246 e. The first-order chi connectivity index (χ1) is 14.0. The predicted molar refractivity (Wildman–Crippen MR) is 106 cm³/mol. The van der Waals surface area contributed by atoms with E-state index in [0.717, 1.165) is 11.1 Å². The van der Waals surface area contributed by atoms with E-state index in [1.807, 2.05) is 30.3 Å². The Bertz CT molecular complexity index is 986. The summed E-state index contributed by atoms with van der Waals surface area (Å²) in [5.41, 5.74) is 1.55. The van der Waals surface area contributed by atoms with E-state index in [4.69, 9.17) is 18.7 Å². The van der Waals surface area contributed by atoms with E-state index in [2.05, 4.69) is 10.1 Å². The van der Waals surface area contributed by atoms with Gasteiger partial charge >= 0.3 is 0 Å². The quantitative estimate of drug-likeness (QED) is 0.577. The van der Waals surface area contributed by atoms with E-state index in [-0.39, 0.29) is 18.9 Å². The molecule has 0 saturated carbocycles. The normalized spacial score (nSPS) is 10.5. The van der Waals surface area contributed by atoms with Gasteiger partial charge < -0.3 is 23.6 Å². The Balaban J connectivity index is 1.68. The first kappa shape index (κ1) is 20.2. The number of aromatic nitrogens is 2. The third kappa shape index (κ3) is 4.66. The topological polar surface area (TPSA) is 86.9 Å². The van der Waals surface area contributed by atoms with E-state index in [1.54, 1.807) is 45.4 Å². The highest BCUT2D eigenvalue weighted by Gasteiger charge is 2.17. The minimum Gasteiger partial charge on any atom is -0.496 e. The largest absolute Gasteiger partial charge is 0.496 e. The number of methoxy groups -OCH3 is 3. The van der Waals surface area contributed by atoms with Gasteiger partial charge in [-0.1, -0.05) is 23.4 Å². The number of likely N-dealkylation sites (N-methyl/N-ethyl adjacent to an activating group) is 1. The van der Waals surface area contributed by atoms with Gasteiger partial charge in [0.2, 0.25) is 17.6 Å². The van der Waals surface area contributed by atoms with Crippen LogP contribution in [0, 0.1) is 0 Å². The second-order valence-corrected chi connectivity index (χ2v) is 6.32. The average Bonchev–Trinajstić information content (AvgIpc) is 3.21. The van der Waals surface area contributed by atoms with Gasteiger partial charge in [0.1, 0.15) is 5.75 Å². The summed E-state index contributed by atoms with van der Waals surface area (Å²) >= 11 is 0. The van der Waals surface area contributed by atoms with Crippen molar-refractivity contribution in [2.75, 3.05) is 28.4 Å². The molecule has 0 spiro atoms. The molecule has 1 aromatic heterocycles. The summed E-state index contributed by atoms with van der Waals surface area (Å²) in [6.07, 6.45) is 0.219. The highest BCUT2D eigenvalue weighted by molar-refractivity contribution is 5.79. The third-order valence-electron chi connectivity index (χ3n) is 4.44. The average molecular weight is 397 g/mol. The molecule has 0 atom stereocenters. The van der Waals surface area contributed by atoms with Crippen LogP contribution in [0.2, 0.25) is 0 Å². The van der Waals surface area contributed by atoms with Crippen molar-refractivity contribution in [3.63, 3.8) is 0 Å². The van der Waals surface area contributed by atoms with Gasteiger partial charge in [0, 0.05) is 18.2 Å². The van der Waals surface area contributed by atoms with Crippen molar-refractivity contribution >= 4 is 5.91 Å². The molecule has 29 heavy (non-hydrogen) atoms. The summed E-state index contributed by atoms with van der Waals surface area (Å²) in [7, 11) is 6.41. The lowest BCUT2D eigenvalue weighted by atomic mass is 10.1. The Hall–Kier alpha value is -3.55. The van der Waals surface area contributed by atoms with Crippen molar-refractivity contribution in [2.24, 2.45) is 0 Å². The standard InChI is InChI=1S/C21H23N3O5/c1-24(20(25)12-14-7-5-6-8-16(14)26-2)13-19-22-21(23-29-19)15-9-10-17(27-3)18(11-15)28-4/h5-11H,12-13H2,1-4H3. The molecule has 0 fully saturated rings. The molecule has 0 aliphatic carbocycles. The number of ether oxygens (including phenoxy) is 3. The number of nitrogens with zero attached hydrogens (tertiary/aromatic N) is 3. The summed E-state index contributed by atoms with van der Waals surface area (Å²) in [5.74, 6) is 2.53. The van der Waals surface area contributed by atoms with Crippen LogP contribution in [0.3, 0.4) is 0 Å². The highest BCUT2D eigenvalue weighted by atomic mass is 16.5. The summed E-state index contributed by atoms with van der Waals surface area (Å²) in [6, 6.07) is 12.8. The van der Waals surface area contributed by atoms with Crippen molar-refractivity contribution in [3.8, 4) is 28.6 Å². The van der Waals surface area contributed by atoms with Crippen molar-refractivity contribution < 1.29 is 23.5 Å². The lowest BCUT2D eigenvalue weighted by Crippen LogP contribution is -2.28. The summed E-state index contributed by atoms with van der Waals surface area (Å²) in [4.78, 5) is 18.5. The Kier molecular flexibility index (Phi) is 6.33. The molecule has 0 aliphatic heterocycles. The molecule has 1 heterocycles. The molecular weight excluding hydrogens is 374 g/mol. The SMILES string of the molecule is COc1ccccc1CC(=O)N(C)Cc1nc(-c2ccc(OC)c(OC)c2)no1. The van der Waals surface area contributed by atoms with Gasteiger partial charge in [-0.3, -0.25) is 4.79 Å². The van der Waals surface area contributed by atoms with Crippen LogP contribution in [-0.4, -0.2) is 49.3 Å². The van der Waals surface area contributed by atoms with Crippen molar-refractivity contribution in [2.45, 2.75) is 13.0 Å². The summed E-state index contributed by atoms with van der Waals surface area (Å²) in [5, 5.41) is 4.00. The van der Waals surface area contributed by atoms with Crippen LogP contribution >= 0.6 is 0 Å². The molecule has 0 N–H and O–H groups in total. The van der Waals surface area contributed by atoms with Crippen LogP contribution in [-0.2, 0) is 17.8 Å². The van der Waals surface area contributed by atoms with Gasteiger partial charge in [-0.2, -0.15) is 4.98 Å². The molecule has 0 saturated heterocycles. The predicted octanol–water partition coefficient (Wildman–Crippen LogP) is 2.96. The smallest absolute Gasteiger partial charge is 0.246 e. The summed E-state index contributed by atoms with van der Waals surface area (Å²) in [6.45, 7) is 0.203. The molecule has 0 radical (unpaired) electrons. The molecule has 2 aromatic carbocycles. The number of benzene rings is 2. The van der Waals surface area contributed by atoms with E-state index in [0.29, 0.717) is 29.0 Å². The lowest BCUT2D eigenvalue weighted by Gasteiger charge is -2.15. The van der Waals surface area contributed by atoms with Crippen LogP contribution < -0.4 is 14.2 Å². The first-order valence-electron chi connectivity index (χ1n) is 8.96. The molecule has 152 valence electrons. The van der Waals surface area contributed by atoms with Crippen LogP contribution in [0.5, 0.6) is 17.2 Å². The zero-order valence-corrected chi connectivity index (χ0v) is 16.8. The fourth-order valence-corrected chi connectivity index (χ4v) is 2.85. The van der Waals surface area contributed by atoms with Gasteiger partial charge in [-0.15, -0.1) is 0 Å². The molecule has 0 unspecified atom stereocenters. The second-order valence-electron chi connectivity index (χ2n) is 6.32. The van der Waals surface area contributed by atoms with Gasteiger partial charge in [0.05, 0.1) is 34.3 Å². The Morgan fingerprint density at radius 3 is 2.45 bits per heavy atom. The van der Waals surface area contributed by atoms with Crippen molar-refractivity contribution in [1.82, 2.24) is 15.0 Å². The number of rotatable bonds is 8. The van der Waals surface area contributed by atoms with Crippen LogP contribution in [0.1, 0.15) is 11.5 Å². The fraction of sp³-hybridized carbons (Fsp3) is 0.286. The zero-order chi connectivity index (χ0) is 20.8. The molecule has 3 aromatic rings. The number of carbonyl (C=O) groups excluding carboxylic acids is 1. The molecular formula is C21H23N3O5. The Morgan fingerprint density at radius 2 is 1.72 bits per heavy atom. The number of para-hydroxylation sites is 1. The van der Waals surface area contributed by atoms with Crippen LogP contribution in [0.25, 0.3) is 11.4 Å². The highest BCUT2D eigenvalue weighted by Crippen LogP contribution is 2.31. The number of hydrogen-bond acceptors (Lipinski definition) is 7. The monoisotopic (exact) mass is 397 g/mol. The van der Waals surface area contributed by atoms with Gasteiger partial charge in [-0.05, 0) is 24.3 Å². The van der Waals surface area contributed by atoms with Crippen molar-refractivity contribution in [1.29, 1.82) is 0 Å². The zero-order valence-electron chi connectivity index (χ0n) is 16.8. The maximum absolute atomic E-state index is 12.6. The Labute approximate surface area is 169 Å². The number of hydrogen-bond donors (Lipinski definition) is 0. The van der Waals surface area contributed by atoms with Crippen LogP contribution in [0.15, 0.2) is 47.0 Å². The number of carbonyl (C=O) groups is 1. The molecule has 3 rings (SSSR count). The minimum absolute atomic E-state index is 0.0830. The van der Waals surface area contributed by atoms with E-state index in [1.165, 1.54) is 0 Å². The van der Waals surface area contributed by atoms with Gasteiger partial charge in [0.25, 0.3) is 0 Å². The molecule has 0 bridgehead atoms. The maximum atomic E-state index is 12.6. The lowest BCUT2D eigenvalue weighted by molar-refractivity contribution is -0.130. The van der Waals surface area contributed by atoms with E-state index >= 15 is 0 Å². The van der Waals surface area contributed by atoms with E-state index < -0.39 is 0 Å². The molecule has 0 aliphatic rings. The second kappa shape index (κ2) is 9.09. The van der Waals surface area contributed by atoms with Gasteiger partial charge in [0.15, 0.2) is 11.5 Å². The molecule has 8 nitrogen and oxygen atoms in total. The fourth-order valence-electron chi connectivity index (χ4n) is 2.85. The summed E-state index contributed by atoms with van der Waals surface area (Å²) < 4.78 is 21.2.